The zero-order valence-corrected chi connectivity index (χ0v) is 11.5. The van der Waals surface area contributed by atoms with E-state index in [1.54, 1.807) is 0 Å². The van der Waals surface area contributed by atoms with Crippen LogP contribution < -0.4 is 5.32 Å². The molecule has 0 saturated carbocycles. The minimum Gasteiger partial charge on any atom is -0.308 e. The Hall–Kier alpha value is -0.100. The molecule has 1 N–H and O–H groups in total. The molecule has 7 heteroatoms. The first-order valence-corrected chi connectivity index (χ1v) is 6.39. The lowest BCUT2D eigenvalue weighted by Gasteiger charge is -2.21. The first-order valence-electron chi connectivity index (χ1n) is 4.90. The maximum absolute atomic E-state index is 11.4. The quantitative estimate of drug-likeness (QED) is 0.887. The van der Waals surface area contributed by atoms with Crippen LogP contribution in [0, 0.1) is 0 Å². The van der Waals surface area contributed by atoms with Gasteiger partial charge in [-0.2, -0.15) is 5.10 Å². The maximum atomic E-state index is 11.4. The molecular weight excluding hydrogens is 269 g/mol. The minimum absolute atomic E-state index is 0. The molecule has 1 fully saturated rings. The molecule has 2 rings (SSSR count). The fraction of sp³-hybridized carbons (Fsp3) is 0.667. The van der Waals surface area contributed by atoms with Gasteiger partial charge in [0, 0.05) is 53.2 Å². The molecule has 2 atom stereocenters. The van der Waals surface area contributed by atoms with Crippen LogP contribution in [0.3, 0.4) is 0 Å². The number of nitrogens with one attached hydrogen (secondary N) is 1. The molecule has 4 nitrogen and oxygen atoms in total. The molecule has 0 radical (unpaired) electrons. The highest BCUT2D eigenvalue weighted by Crippen LogP contribution is 2.15. The summed E-state index contributed by atoms with van der Waals surface area (Å²) in [6, 6.07) is 0.227. The van der Waals surface area contributed by atoms with Gasteiger partial charge in [0.2, 0.25) is 0 Å². The number of rotatable bonds is 2. The second-order valence-corrected chi connectivity index (χ2v) is 5.07. The van der Waals surface area contributed by atoms with Gasteiger partial charge in [0.15, 0.2) is 0 Å². The third-order valence-electron chi connectivity index (χ3n) is 2.45. The van der Waals surface area contributed by atoms with Crippen molar-refractivity contribution in [3.8, 4) is 0 Å². The summed E-state index contributed by atoms with van der Waals surface area (Å²) in [4.78, 5) is 0. The smallest absolute Gasteiger partial charge is 0.0537 e. The van der Waals surface area contributed by atoms with Crippen LogP contribution in [0.2, 0.25) is 0 Å². The molecule has 0 spiro atoms. The van der Waals surface area contributed by atoms with E-state index in [0.29, 0.717) is 0 Å². The fourth-order valence-electron chi connectivity index (χ4n) is 1.62. The predicted molar refractivity (Wildman–Crippen MR) is 71.0 cm³/mol. The van der Waals surface area contributed by atoms with Crippen molar-refractivity contribution >= 4 is 35.6 Å². The van der Waals surface area contributed by atoms with E-state index in [9.17, 15) is 4.21 Å². The lowest BCUT2D eigenvalue weighted by molar-refractivity contribution is 0.570. The summed E-state index contributed by atoms with van der Waals surface area (Å²) in [5, 5.41) is 7.57. The van der Waals surface area contributed by atoms with Crippen LogP contribution in [-0.2, 0) is 17.3 Å². The van der Waals surface area contributed by atoms with Crippen LogP contribution in [0.1, 0.15) is 18.5 Å². The average Bonchev–Trinajstić information content (AvgIpc) is 2.66. The number of aromatic nitrogens is 2. The third kappa shape index (κ3) is 3.73. The van der Waals surface area contributed by atoms with Gasteiger partial charge in [0.1, 0.15) is 0 Å². The van der Waals surface area contributed by atoms with E-state index in [1.165, 1.54) is 0 Å². The Balaban J connectivity index is 0.00000112. The Morgan fingerprint density at radius 2 is 2.38 bits per heavy atom. The standard InChI is InChI=1S/C9H15N3OS.2ClH/c1-2-12-6-8(5-11-12)9-7-14(13)4-3-10-9;;/h5-6,9-10H,2-4,7H2,1H3;2*1H. The van der Waals surface area contributed by atoms with Gasteiger partial charge in [0.05, 0.1) is 6.20 Å². The molecule has 2 unspecified atom stereocenters. The Labute approximate surface area is 110 Å². The van der Waals surface area contributed by atoms with Crippen molar-refractivity contribution < 1.29 is 4.21 Å². The van der Waals surface area contributed by atoms with Gasteiger partial charge < -0.3 is 5.32 Å². The molecule has 1 aromatic rings. The molecule has 0 bridgehead atoms. The van der Waals surface area contributed by atoms with Crippen LogP contribution >= 0.6 is 24.8 Å². The monoisotopic (exact) mass is 285 g/mol. The zero-order valence-electron chi connectivity index (χ0n) is 9.09. The summed E-state index contributed by atoms with van der Waals surface area (Å²) in [5.74, 6) is 1.49. The van der Waals surface area contributed by atoms with E-state index in [-0.39, 0.29) is 30.9 Å². The van der Waals surface area contributed by atoms with Gasteiger partial charge in [-0.15, -0.1) is 24.8 Å². The normalized spacial score (nSPS) is 24.3. The molecule has 1 aromatic heterocycles. The van der Waals surface area contributed by atoms with Crippen molar-refractivity contribution in [1.82, 2.24) is 15.1 Å². The van der Waals surface area contributed by atoms with Crippen molar-refractivity contribution in [2.75, 3.05) is 18.1 Å². The summed E-state index contributed by atoms with van der Waals surface area (Å²) in [7, 11) is -0.663. The average molecular weight is 286 g/mol. The van der Waals surface area contributed by atoms with E-state index >= 15 is 0 Å². The highest BCUT2D eigenvalue weighted by Gasteiger charge is 2.20. The van der Waals surface area contributed by atoms with Crippen LogP contribution in [0.5, 0.6) is 0 Å². The molecule has 0 amide bonds. The van der Waals surface area contributed by atoms with Crippen molar-refractivity contribution in [2.45, 2.75) is 19.5 Å². The van der Waals surface area contributed by atoms with E-state index in [2.05, 4.69) is 17.3 Å². The van der Waals surface area contributed by atoms with Gasteiger partial charge in [-0.05, 0) is 6.92 Å². The topological polar surface area (TPSA) is 46.9 Å². The number of hydrogen-bond donors (Lipinski definition) is 1. The minimum atomic E-state index is -0.663. The van der Waals surface area contributed by atoms with Crippen LogP contribution in [-0.4, -0.2) is 32.0 Å². The van der Waals surface area contributed by atoms with Gasteiger partial charge in [0.25, 0.3) is 0 Å². The number of nitrogens with zero attached hydrogens (tertiary/aromatic N) is 2. The molecule has 16 heavy (non-hydrogen) atoms. The van der Waals surface area contributed by atoms with Crippen molar-refractivity contribution in [2.24, 2.45) is 0 Å². The Morgan fingerprint density at radius 3 is 2.94 bits per heavy atom. The van der Waals surface area contributed by atoms with Crippen molar-refractivity contribution in [3.63, 3.8) is 0 Å². The van der Waals surface area contributed by atoms with E-state index < -0.39 is 10.8 Å². The second kappa shape index (κ2) is 7.27. The largest absolute Gasteiger partial charge is 0.308 e. The number of halogens is 2. The summed E-state index contributed by atoms with van der Waals surface area (Å²) in [6.45, 7) is 3.79. The van der Waals surface area contributed by atoms with Crippen LogP contribution in [0.15, 0.2) is 12.4 Å². The Morgan fingerprint density at radius 1 is 1.62 bits per heavy atom. The molecule has 2 heterocycles. The predicted octanol–water partition coefficient (Wildman–Crippen LogP) is 1.14. The molecule has 1 aliphatic rings. The van der Waals surface area contributed by atoms with E-state index in [4.69, 9.17) is 0 Å². The lowest BCUT2D eigenvalue weighted by Crippen LogP contribution is -2.36. The first-order chi connectivity index (χ1) is 6.79. The Kier molecular flexibility index (Phi) is 7.22. The SMILES string of the molecule is CCn1cc(C2CS(=O)CCN2)cn1.Cl.Cl. The zero-order chi connectivity index (χ0) is 9.97. The molecule has 0 aliphatic carbocycles. The maximum Gasteiger partial charge on any atom is 0.0537 e. The van der Waals surface area contributed by atoms with Gasteiger partial charge in [-0.25, -0.2) is 0 Å². The molecular formula is C9H17Cl2N3OS. The molecule has 0 aromatic carbocycles. The van der Waals surface area contributed by atoms with Crippen molar-refractivity contribution in [1.29, 1.82) is 0 Å². The van der Waals surface area contributed by atoms with Gasteiger partial charge in [-0.3, -0.25) is 8.89 Å². The van der Waals surface area contributed by atoms with Crippen LogP contribution in [0.4, 0.5) is 0 Å². The highest BCUT2D eigenvalue weighted by atomic mass is 35.5. The van der Waals surface area contributed by atoms with E-state index in [0.717, 1.165) is 30.2 Å². The summed E-state index contributed by atoms with van der Waals surface area (Å²) < 4.78 is 13.3. The highest BCUT2D eigenvalue weighted by molar-refractivity contribution is 7.85. The van der Waals surface area contributed by atoms with Gasteiger partial charge >= 0.3 is 0 Å². The first kappa shape index (κ1) is 15.9. The number of hydrogen-bond acceptors (Lipinski definition) is 3. The van der Waals surface area contributed by atoms with Gasteiger partial charge in [-0.1, -0.05) is 0 Å². The molecule has 1 aliphatic heterocycles. The molecule has 94 valence electrons. The van der Waals surface area contributed by atoms with Crippen molar-refractivity contribution in [3.05, 3.63) is 18.0 Å². The van der Waals surface area contributed by atoms with Crippen LogP contribution in [0.25, 0.3) is 0 Å². The third-order valence-corrected chi connectivity index (χ3v) is 3.82. The Bertz CT molecular complexity index is 345. The number of aryl methyl sites for hydroxylation is 1. The summed E-state index contributed by atoms with van der Waals surface area (Å²) >= 11 is 0. The summed E-state index contributed by atoms with van der Waals surface area (Å²) in [5.41, 5.74) is 1.15. The molecule has 1 saturated heterocycles. The van der Waals surface area contributed by atoms with E-state index in [1.807, 2.05) is 17.1 Å². The lowest BCUT2D eigenvalue weighted by atomic mass is 10.2. The summed E-state index contributed by atoms with van der Waals surface area (Å²) in [6.07, 6.45) is 3.89. The fourth-order valence-corrected chi connectivity index (χ4v) is 2.82. The second-order valence-electron chi connectivity index (χ2n) is 3.45.